The van der Waals surface area contributed by atoms with E-state index in [1.165, 1.54) is 0 Å². The molecule has 4 nitrogen and oxygen atoms in total. The molecule has 0 amide bonds. The molecule has 0 N–H and O–H groups in total. The minimum atomic E-state index is -0.482. The van der Waals surface area contributed by atoms with Crippen molar-refractivity contribution in [1.82, 2.24) is 0 Å². The SMILES string of the molecule is COc1ccc(Br)cc1C=C1N=C(c2ccc(Br)cc2)OC1=O. The van der Waals surface area contributed by atoms with Crippen molar-refractivity contribution in [3.05, 3.63) is 68.2 Å². The molecule has 3 rings (SSSR count). The summed E-state index contributed by atoms with van der Waals surface area (Å²) in [6.45, 7) is 0. The summed E-state index contributed by atoms with van der Waals surface area (Å²) in [5.74, 6) is 0.466. The van der Waals surface area contributed by atoms with Gasteiger partial charge in [0.05, 0.1) is 7.11 Å². The Morgan fingerprint density at radius 3 is 2.48 bits per heavy atom. The van der Waals surface area contributed by atoms with Crippen LogP contribution in [0.15, 0.2) is 62.1 Å². The fourth-order valence-corrected chi connectivity index (χ4v) is 2.73. The lowest BCUT2D eigenvalue weighted by molar-refractivity contribution is -0.129. The van der Waals surface area contributed by atoms with Gasteiger partial charge in [-0.25, -0.2) is 9.79 Å². The van der Waals surface area contributed by atoms with Crippen LogP contribution in [0.1, 0.15) is 11.1 Å². The standard InChI is InChI=1S/C17H11Br2NO3/c1-22-15-7-6-13(19)8-11(15)9-14-17(21)23-16(20-14)10-2-4-12(18)5-3-10/h2-9H,1H3. The predicted molar refractivity (Wildman–Crippen MR) is 95.4 cm³/mol. The fourth-order valence-electron chi connectivity index (χ4n) is 2.09. The van der Waals surface area contributed by atoms with Gasteiger partial charge in [-0.15, -0.1) is 0 Å². The van der Waals surface area contributed by atoms with E-state index in [0.29, 0.717) is 11.6 Å². The maximum absolute atomic E-state index is 12.0. The molecule has 0 spiro atoms. The number of rotatable bonds is 3. The van der Waals surface area contributed by atoms with Crippen LogP contribution in [0.5, 0.6) is 5.75 Å². The second-order valence-electron chi connectivity index (χ2n) is 4.73. The average molecular weight is 437 g/mol. The van der Waals surface area contributed by atoms with E-state index in [9.17, 15) is 4.79 Å². The van der Waals surface area contributed by atoms with Crippen molar-refractivity contribution in [2.24, 2.45) is 4.99 Å². The molecule has 23 heavy (non-hydrogen) atoms. The first-order valence-corrected chi connectivity index (χ1v) is 8.27. The molecule has 0 saturated heterocycles. The highest BCUT2D eigenvalue weighted by atomic mass is 79.9. The number of hydrogen-bond acceptors (Lipinski definition) is 4. The number of ether oxygens (including phenoxy) is 2. The first-order chi connectivity index (χ1) is 11.1. The number of nitrogens with zero attached hydrogens (tertiary/aromatic N) is 1. The molecule has 2 aromatic rings. The number of halogens is 2. The molecule has 1 aliphatic heterocycles. The molecule has 0 radical (unpaired) electrons. The molecule has 0 bridgehead atoms. The highest BCUT2D eigenvalue weighted by molar-refractivity contribution is 9.10. The second kappa shape index (κ2) is 6.68. The molecule has 0 saturated carbocycles. The van der Waals surface area contributed by atoms with Crippen LogP contribution in [0, 0.1) is 0 Å². The van der Waals surface area contributed by atoms with Crippen molar-refractivity contribution in [1.29, 1.82) is 0 Å². The maximum Gasteiger partial charge on any atom is 0.363 e. The zero-order chi connectivity index (χ0) is 16.4. The van der Waals surface area contributed by atoms with E-state index in [1.807, 2.05) is 42.5 Å². The van der Waals surface area contributed by atoms with Crippen LogP contribution >= 0.6 is 31.9 Å². The van der Waals surface area contributed by atoms with E-state index in [2.05, 4.69) is 36.9 Å². The van der Waals surface area contributed by atoms with Crippen molar-refractivity contribution in [3.8, 4) is 5.75 Å². The summed E-state index contributed by atoms with van der Waals surface area (Å²) in [7, 11) is 1.58. The summed E-state index contributed by atoms with van der Waals surface area (Å²) in [5, 5.41) is 0. The summed E-state index contributed by atoms with van der Waals surface area (Å²) in [5.41, 5.74) is 1.72. The molecule has 0 aliphatic carbocycles. The molecule has 1 heterocycles. The third-order valence-electron chi connectivity index (χ3n) is 3.20. The van der Waals surface area contributed by atoms with Gasteiger partial charge in [0, 0.05) is 20.1 Å². The highest BCUT2D eigenvalue weighted by Gasteiger charge is 2.24. The molecule has 6 heteroatoms. The molecular weight excluding hydrogens is 426 g/mol. The van der Waals surface area contributed by atoms with Gasteiger partial charge in [-0.2, -0.15) is 0 Å². The van der Waals surface area contributed by atoms with Crippen LogP contribution in [0.2, 0.25) is 0 Å². The lowest BCUT2D eigenvalue weighted by Crippen LogP contribution is -2.05. The van der Waals surface area contributed by atoms with Gasteiger partial charge in [-0.1, -0.05) is 31.9 Å². The molecule has 0 fully saturated rings. The monoisotopic (exact) mass is 435 g/mol. The van der Waals surface area contributed by atoms with Crippen LogP contribution in [-0.4, -0.2) is 19.0 Å². The first kappa shape index (κ1) is 16.0. The van der Waals surface area contributed by atoms with Crippen molar-refractivity contribution in [3.63, 3.8) is 0 Å². The van der Waals surface area contributed by atoms with Gasteiger partial charge in [0.2, 0.25) is 5.90 Å². The molecule has 2 aromatic carbocycles. The Morgan fingerprint density at radius 2 is 1.78 bits per heavy atom. The highest BCUT2D eigenvalue weighted by Crippen LogP contribution is 2.27. The lowest BCUT2D eigenvalue weighted by Gasteiger charge is -2.04. The third kappa shape index (κ3) is 3.54. The van der Waals surface area contributed by atoms with Gasteiger partial charge < -0.3 is 9.47 Å². The fraction of sp³-hybridized carbons (Fsp3) is 0.0588. The van der Waals surface area contributed by atoms with Crippen LogP contribution in [0.25, 0.3) is 6.08 Å². The molecule has 0 aromatic heterocycles. The topological polar surface area (TPSA) is 47.9 Å². The van der Waals surface area contributed by atoms with Crippen molar-refractivity contribution < 1.29 is 14.3 Å². The second-order valence-corrected chi connectivity index (χ2v) is 6.56. The Hall–Kier alpha value is -1.92. The van der Waals surface area contributed by atoms with Crippen LogP contribution in [-0.2, 0) is 9.53 Å². The summed E-state index contributed by atoms with van der Waals surface area (Å²) in [6, 6.07) is 12.9. The largest absolute Gasteiger partial charge is 0.496 e. The van der Waals surface area contributed by atoms with E-state index < -0.39 is 5.97 Å². The number of methoxy groups -OCH3 is 1. The van der Waals surface area contributed by atoms with Gasteiger partial charge in [0.25, 0.3) is 0 Å². The smallest absolute Gasteiger partial charge is 0.363 e. The minimum absolute atomic E-state index is 0.235. The van der Waals surface area contributed by atoms with Crippen molar-refractivity contribution in [2.75, 3.05) is 7.11 Å². The van der Waals surface area contributed by atoms with Gasteiger partial charge >= 0.3 is 5.97 Å². The van der Waals surface area contributed by atoms with Gasteiger partial charge in [-0.3, -0.25) is 0 Å². The number of esters is 1. The lowest BCUT2D eigenvalue weighted by atomic mass is 10.1. The zero-order valence-corrected chi connectivity index (χ0v) is 15.2. The normalized spacial score (nSPS) is 15.5. The Bertz CT molecular complexity index is 826. The molecule has 0 unspecified atom stereocenters. The molecule has 1 aliphatic rings. The molecule has 116 valence electrons. The summed E-state index contributed by atoms with van der Waals surface area (Å²) < 4.78 is 12.4. The molecular formula is C17H11Br2NO3. The summed E-state index contributed by atoms with van der Waals surface area (Å²) in [6.07, 6.45) is 1.65. The quantitative estimate of drug-likeness (QED) is 0.523. The van der Waals surface area contributed by atoms with E-state index in [1.54, 1.807) is 13.2 Å². The van der Waals surface area contributed by atoms with Crippen LogP contribution < -0.4 is 4.74 Å². The third-order valence-corrected chi connectivity index (χ3v) is 4.22. The van der Waals surface area contributed by atoms with Crippen molar-refractivity contribution >= 4 is 49.8 Å². The van der Waals surface area contributed by atoms with E-state index in [4.69, 9.17) is 9.47 Å². The maximum atomic E-state index is 12.0. The zero-order valence-electron chi connectivity index (χ0n) is 12.0. The Kier molecular flexibility index (Phi) is 4.63. The average Bonchev–Trinajstić information content (AvgIpc) is 2.89. The van der Waals surface area contributed by atoms with Gasteiger partial charge in [0.1, 0.15) is 5.75 Å². The number of aliphatic imine (C=N–C) groups is 1. The molecule has 0 atom stereocenters. The van der Waals surface area contributed by atoms with Crippen LogP contribution in [0.4, 0.5) is 0 Å². The number of hydrogen-bond donors (Lipinski definition) is 0. The predicted octanol–water partition coefficient (Wildman–Crippen LogP) is 4.56. The first-order valence-electron chi connectivity index (χ1n) is 6.69. The number of cyclic esters (lactones) is 1. The van der Waals surface area contributed by atoms with Crippen LogP contribution in [0.3, 0.4) is 0 Å². The number of carbonyl (C=O) groups excluding carboxylic acids is 1. The minimum Gasteiger partial charge on any atom is -0.496 e. The van der Waals surface area contributed by atoms with Crippen molar-refractivity contribution in [2.45, 2.75) is 0 Å². The Balaban J connectivity index is 1.98. The van der Waals surface area contributed by atoms with E-state index >= 15 is 0 Å². The van der Waals surface area contributed by atoms with Gasteiger partial charge in [0.15, 0.2) is 5.70 Å². The summed E-state index contributed by atoms with van der Waals surface area (Å²) >= 11 is 6.77. The summed E-state index contributed by atoms with van der Waals surface area (Å²) in [4.78, 5) is 16.3. The van der Waals surface area contributed by atoms with E-state index in [0.717, 1.165) is 20.1 Å². The van der Waals surface area contributed by atoms with E-state index in [-0.39, 0.29) is 5.70 Å². The van der Waals surface area contributed by atoms with Gasteiger partial charge in [-0.05, 0) is 48.5 Å². The number of carbonyl (C=O) groups is 1. The Labute approximate surface area is 150 Å². The number of benzene rings is 2. The Morgan fingerprint density at radius 1 is 1.09 bits per heavy atom.